The van der Waals surface area contributed by atoms with Gasteiger partial charge >= 0.3 is 0 Å². The van der Waals surface area contributed by atoms with E-state index in [1.54, 1.807) is 4.31 Å². The third-order valence-electron chi connectivity index (χ3n) is 2.80. The Balaban J connectivity index is 1.93. The molecule has 1 heterocycles. The molecule has 16 heavy (non-hydrogen) atoms. The zero-order valence-electron chi connectivity index (χ0n) is 9.46. The molecule has 0 N–H and O–H groups in total. The summed E-state index contributed by atoms with van der Waals surface area (Å²) in [5.74, 6) is 0.276. The van der Waals surface area contributed by atoms with Crippen LogP contribution in [0.15, 0.2) is 30.3 Å². The normalized spacial score (nSPS) is 24.3. The first-order chi connectivity index (χ1) is 7.63. The van der Waals surface area contributed by atoms with Gasteiger partial charge in [-0.2, -0.15) is 4.31 Å². The average Bonchev–Trinajstić information content (AvgIpc) is 2.99. The summed E-state index contributed by atoms with van der Waals surface area (Å²) in [7, 11) is -2.97. The van der Waals surface area contributed by atoms with E-state index in [4.69, 9.17) is 0 Å². The van der Waals surface area contributed by atoms with Crippen molar-refractivity contribution in [3.8, 4) is 0 Å². The molecular formula is C12H17NO2S. The van der Waals surface area contributed by atoms with E-state index < -0.39 is 10.0 Å². The third kappa shape index (κ3) is 2.62. The minimum atomic E-state index is -2.97. The van der Waals surface area contributed by atoms with Gasteiger partial charge in [-0.3, -0.25) is 0 Å². The quantitative estimate of drug-likeness (QED) is 0.733. The number of nitrogens with zero attached hydrogens (tertiary/aromatic N) is 1. The second-order valence-corrected chi connectivity index (χ2v) is 6.27. The van der Waals surface area contributed by atoms with Crippen LogP contribution < -0.4 is 0 Å². The van der Waals surface area contributed by atoms with Gasteiger partial charge in [-0.25, -0.2) is 8.42 Å². The Hall–Kier alpha value is -0.870. The number of hydrogen-bond acceptors (Lipinski definition) is 2. The van der Waals surface area contributed by atoms with Gasteiger partial charge in [-0.1, -0.05) is 37.3 Å². The van der Waals surface area contributed by atoms with Gasteiger partial charge in [0.05, 0.1) is 5.75 Å². The van der Waals surface area contributed by atoms with Crippen molar-refractivity contribution < 1.29 is 8.42 Å². The fraction of sp³-hybridized carbons (Fsp3) is 0.500. The van der Waals surface area contributed by atoms with Gasteiger partial charge in [0.15, 0.2) is 0 Å². The van der Waals surface area contributed by atoms with Crippen molar-refractivity contribution in [1.29, 1.82) is 0 Å². The largest absolute Gasteiger partial charge is 0.214 e. The van der Waals surface area contributed by atoms with Crippen LogP contribution in [-0.4, -0.2) is 31.1 Å². The zero-order chi connectivity index (χ0) is 11.6. The molecule has 0 aromatic heterocycles. The molecule has 88 valence electrons. The summed E-state index contributed by atoms with van der Waals surface area (Å²) in [5, 5.41) is 0. The topological polar surface area (TPSA) is 37.1 Å². The van der Waals surface area contributed by atoms with Crippen LogP contribution in [0.4, 0.5) is 0 Å². The first-order valence-electron chi connectivity index (χ1n) is 5.67. The van der Waals surface area contributed by atoms with E-state index in [1.807, 2.05) is 37.3 Å². The molecule has 2 unspecified atom stereocenters. The molecule has 1 fully saturated rings. The highest BCUT2D eigenvalue weighted by molar-refractivity contribution is 7.89. The summed E-state index contributed by atoms with van der Waals surface area (Å²) in [6.07, 6.45) is 1.53. The summed E-state index contributed by atoms with van der Waals surface area (Å²) < 4.78 is 25.1. The Kier molecular flexibility index (Phi) is 3.30. The highest BCUT2D eigenvalue weighted by Crippen LogP contribution is 2.26. The Labute approximate surface area is 97.1 Å². The van der Waals surface area contributed by atoms with Crippen molar-refractivity contribution in [3.05, 3.63) is 35.9 Å². The molecule has 0 radical (unpaired) electrons. The number of benzene rings is 1. The van der Waals surface area contributed by atoms with Crippen LogP contribution in [0.3, 0.4) is 0 Å². The highest BCUT2D eigenvalue weighted by atomic mass is 32.2. The van der Waals surface area contributed by atoms with E-state index in [1.165, 1.54) is 5.56 Å². The van der Waals surface area contributed by atoms with Crippen LogP contribution in [0.25, 0.3) is 0 Å². The monoisotopic (exact) mass is 239 g/mol. The second-order valence-electron chi connectivity index (χ2n) is 4.23. The maximum absolute atomic E-state index is 11.7. The summed E-state index contributed by atoms with van der Waals surface area (Å²) >= 11 is 0. The third-order valence-corrected chi connectivity index (χ3v) is 4.88. The van der Waals surface area contributed by atoms with Crippen LogP contribution in [0.2, 0.25) is 0 Å². The van der Waals surface area contributed by atoms with E-state index >= 15 is 0 Å². The SMILES string of the molecule is CCCS(=O)(=O)N1CC1Cc1ccccc1. The summed E-state index contributed by atoms with van der Waals surface area (Å²) in [6.45, 7) is 2.59. The predicted molar refractivity (Wildman–Crippen MR) is 64.7 cm³/mol. The maximum Gasteiger partial charge on any atom is 0.214 e. The standard InChI is InChI=1S/C12H17NO2S/c1-2-8-16(14,15)13-10-12(13)9-11-6-4-3-5-7-11/h3-7,12H,2,8-10H2,1H3. The van der Waals surface area contributed by atoms with Crippen molar-refractivity contribution in [1.82, 2.24) is 4.31 Å². The van der Waals surface area contributed by atoms with Crippen molar-refractivity contribution in [2.75, 3.05) is 12.3 Å². The lowest BCUT2D eigenvalue weighted by Gasteiger charge is -2.04. The smallest absolute Gasteiger partial charge is 0.212 e. The molecule has 0 bridgehead atoms. The Morgan fingerprint density at radius 3 is 2.62 bits per heavy atom. The summed E-state index contributed by atoms with van der Waals surface area (Å²) in [5.41, 5.74) is 1.21. The van der Waals surface area contributed by atoms with E-state index in [-0.39, 0.29) is 11.8 Å². The van der Waals surface area contributed by atoms with E-state index in [0.29, 0.717) is 13.0 Å². The zero-order valence-corrected chi connectivity index (χ0v) is 10.3. The highest BCUT2D eigenvalue weighted by Gasteiger charge is 2.42. The molecule has 1 aromatic rings. The number of hydrogen-bond donors (Lipinski definition) is 0. The fourth-order valence-corrected chi connectivity index (χ4v) is 3.61. The molecule has 1 aliphatic rings. The molecule has 3 nitrogen and oxygen atoms in total. The van der Waals surface area contributed by atoms with Gasteiger partial charge < -0.3 is 0 Å². The summed E-state index contributed by atoms with van der Waals surface area (Å²) in [6, 6.07) is 10.2. The molecule has 0 amide bonds. The van der Waals surface area contributed by atoms with Gasteiger partial charge in [0, 0.05) is 12.6 Å². The van der Waals surface area contributed by atoms with Gasteiger partial charge in [0.1, 0.15) is 0 Å². The first-order valence-corrected chi connectivity index (χ1v) is 7.28. The molecule has 1 saturated heterocycles. The Bertz CT molecular complexity index is 441. The van der Waals surface area contributed by atoms with Crippen molar-refractivity contribution in [2.24, 2.45) is 0 Å². The minimum Gasteiger partial charge on any atom is -0.212 e. The van der Waals surface area contributed by atoms with Crippen molar-refractivity contribution in [2.45, 2.75) is 25.8 Å². The lowest BCUT2D eigenvalue weighted by atomic mass is 10.1. The van der Waals surface area contributed by atoms with Gasteiger partial charge in [0.25, 0.3) is 0 Å². The number of sulfonamides is 1. The van der Waals surface area contributed by atoms with E-state index in [9.17, 15) is 8.42 Å². The molecule has 0 saturated carbocycles. The van der Waals surface area contributed by atoms with Gasteiger partial charge in [-0.05, 0) is 18.4 Å². The van der Waals surface area contributed by atoms with Crippen LogP contribution in [0, 0.1) is 0 Å². The second kappa shape index (κ2) is 4.55. The maximum atomic E-state index is 11.7. The predicted octanol–water partition coefficient (Wildman–Crippen LogP) is 1.65. The molecule has 0 spiro atoms. The molecule has 4 heteroatoms. The molecule has 2 rings (SSSR count). The molecule has 1 aromatic carbocycles. The molecule has 1 aliphatic heterocycles. The van der Waals surface area contributed by atoms with Crippen molar-refractivity contribution in [3.63, 3.8) is 0 Å². The molecule has 2 atom stereocenters. The van der Waals surface area contributed by atoms with E-state index in [2.05, 4.69) is 0 Å². The fourth-order valence-electron chi connectivity index (χ4n) is 1.93. The first kappa shape index (κ1) is 11.6. The number of rotatable bonds is 5. The summed E-state index contributed by atoms with van der Waals surface area (Å²) in [4.78, 5) is 0. The van der Waals surface area contributed by atoms with E-state index in [0.717, 1.165) is 6.42 Å². The van der Waals surface area contributed by atoms with Gasteiger partial charge in [0.2, 0.25) is 10.0 Å². The van der Waals surface area contributed by atoms with Gasteiger partial charge in [-0.15, -0.1) is 0 Å². The van der Waals surface area contributed by atoms with Crippen LogP contribution in [0.5, 0.6) is 0 Å². The lowest BCUT2D eigenvalue weighted by molar-refractivity contribution is 0.550. The van der Waals surface area contributed by atoms with Crippen LogP contribution in [-0.2, 0) is 16.4 Å². The van der Waals surface area contributed by atoms with Crippen molar-refractivity contribution >= 4 is 10.0 Å². The Morgan fingerprint density at radius 2 is 2.00 bits per heavy atom. The molecule has 0 aliphatic carbocycles. The minimum absolute atomic E-state index is 0.193. The van der Waals surface area contributed by atoms with Crippen LogP contribution in [0.1, 0.15) is 18.9 Å². The van der Waals surface area contributed by atoms with Crippen LogP contribution >= 0.6 is 0 Å². The lowest BCUT2D eigenvalue weighted by Crippen LogP contribution is -2.18. The Morgan fingerprint density at radius 1 is 1.31 bits per heavy atom. The molecular weight excluding hydrogens is 222 g/mol. The average molecular weight is 239 g/mol.